The van der Waals surface area contributed by atoms with Crippen LogP contribution in [-0.4, -0.2) is 48.0 Å². The summed E-state index contributed by atoms with van der Waals surface area (Å²) in [4.78, 5) is 19.5. The van der Waals surface area contributed by atoms with E-state index in [9.17, 15) is 4.79 Å². The average molecular weight is 391 g/mol. The summed E-state index contributed by atoms with van der Waals surface area (Å²) in [6, 6.07) is 2.16. The van der Waals surface area contributed by atoms with E-state index in [-0.39, 0.29) is 11.9 Å². The number of aromatic nitrogens is 1. The van der Waals surface area contributed by atoms with Crippen molar-refractivity contribution in [3.8, 4) is 10.6 Å². The van der Waals surface area contributed by atoms with Crippen molar-refractivity contribution in [2.75, 3.05) is 26.2 Å². The molecule has 140 valence electrons. The number of piperidine rings is 1. The predicted molar refractivity (Wildman–Crippen MR) is 107 cm³/mol. The molecule has 2 atom stereocenters. The minimum absolute atomic E-state index is 0.0280. The van der Waals surface area contributed by atoms with Crippen molar-refractivity contribution in [3.63, 3.8) is 0 Å². The number of hydrogen-bond donors (Lipinski definition) is 2. The first kappa shape index (κ1) is 18.1. The third-order valence-corrected chi connectivity index (χ3v) is 6.87. The molecule has 0 radical (unpaired) electrons. The predicted octanol–water partition coefficient (Wildman–Crippen LogP) is 2.95. The van der Waals surface area contributed by atoms with E-state index in [2.05, 4.69) is 37.7 Å². The van der Waals surface area contributed by atoms with Crippen LogP contribution in [0.1, 0.15) is 31.4 Å². The average Bonchev–Trinajstić information content (AvgIpc) is 3.41. The fourth-order valence-electron chi connectivity index (χ4n) is 3.87. The van der Waals surface area contributed by atoms with Gasteiger partial charge < -0.3 is 10.6 Å². The minimum Gasteiger partial charge on any atom is -0.354 e. The van der Waals surface area contributed by atoms with Gasteiger partial charge in [0, 0.05) is 36.0 Å². The number of likely N-dealkylation sites (tertiary alicyclic amines) is 1. The third-order valence-electron chi connectivity index (χ3n) is 5.25. The summed E-state index contributed by atoms with van der Waals surface area (Å²) in [5.74, 6) is 0.726. The van der Waals surface area contributed by atoms with Crippen LogP contribution in [0.2, 0.25) is 0 Å². The smallest absolute Gasteiger partial charge is 0.237 e. The quantitative estimate of drug-likeness (QED) is 0.796. The van der Waals surface area contributed by atoms with Gasteiger partial charge in [-0.2, -0.15) is 11.3 Å². The number of amides is 1. The van der Waals surface area contributed by atoms with Gasteiger partial charge in [0.2, 0.25) is 5.91 Å². The lowest BCUT2D eigenvalue weighted by atomic mass is 9.97. The van der Waals surface area contributed by atoms with Gasteiger partial charge in [-0.25, -0.2) is 4.98 Å². The maximum atomic E-state index is 12.2. The van der Waals surface area contributed by atoms with Gasteiger partial charge in [-0.3, -0.25) is 9.69 Å². The fraction of sp³-hybridized carbons (Fsp3) is 0.579. The van der Waals surface area contributed by atoms with Crippen molar-refractivity contribution in [2.45, 2.75) is 38.3 Å². The maximum absolute atomic E-state index is 12.2. The van der Waals surface area contributed by atoms with Crippen LogP contribution in [0, 0.1) is 5.92 Å². The van der Waals surface area contributed by atoms with Crippen molar-refractivity contribution in [2.24, 2.45) is 5.92 Å². The zero-order valence-corrected chi connectivity index (χ0v) is 16.6. The minimum atomic E-state index is 0.0280. The van der Waals surface area contributed by atoms with Gasteiger partial charge in [0.25, 0.3) is 0 Å². The molecule has 2 aliphatic heterocycles. The van der Waals surface area contributed by atoms with Gasteiger partial charge in [-0.05, 0) is 56.1 Å². The molecular formula is C19H26N4OS2. The van der Waals surface area contributed by atoms with E-state index in [1.54, 1.807) is 22.7 Å². The Morgan fingerprint density at radius 3 is 3.12 bits per heavy atom. The molecule has 2 unspecified atom stereocenters. The molecule has 7 heteroatoms. The van der Waals surface area contributed by atoms with Crippen LogP contribution in [0.3, 0.4) is 0 Å². The molecule has 2 fully saturated rings. The Morgan fingerprint density at radius 2 is 2.31 bits per heavy atom. The summed E-state index contributed by atoms with van der Waals surface area (Å²) in [5, 5.41) is 14.0. The lowest BCUT2D eigenvalue weighted by Crippen LogP contribution is -2.45. The Kier molecular flexibility index (Phi) is 5.99. The normalized spacial score (nSPS) is 24.0. The van der Waals surface area contributed by atoms with Crippen molar-refractivity contribution in [1.82, 2.24) is 20.5 Å². The van der Waals surface area contributed by atoms with Crippen LogP contribution in [-0.2, 0) is 11.3 Å². The molecule has 1 amide bonds. The molecule has 0 aromatic carbocycles. The number of rotatable bonds is 6. The van der Waals surface area contributed by atoms with E-state index >= 15 is 0 Å². The Balaban J connectivity index is 1.26. The van der Waals surface area contributed by atoms with E-state index in [1.807, 2.05) is 0 Å². The van der Waals surface area contributed by atoms with Crippen molar-refractivity contribution in [1.29, 1.82) is 0 Å². The molecule has 4 heterocycles. The molecule has 2 aromatic heterocycles. The first-order chi connectivity index (χ1) is 12.8. The number of carbonyl (C=O) groups excluding carboxylic acids is 1. The standard InChI is InChI=1S/C19H26N4OS2/c24-18(17-4-1-6-20-17)21-9-14-3-2-7-23(10-14)11-16-13-26-19(22-16)15-5-8-25-12-15/h5,8,12-14,17,20H,1-4,6-7,9-11H2,(H,21,24). The number of thiophene rings is 1. The number of carbonyl (C=O) groups is 1. The molecule has 2 aliphatic rings. The molecule has 26 heavy (non-hydrogen) atoms. The molecule has 2 saturated heterocycles. The summed E-state index contributed by atoms with van der Waals surface area (Å²) in [6.45, 7) is 4.85. The number of nitrogens with zero attached hydrogens (tertiary/aromatic N) is 2. The summed E-state index contributed by atoms with van der Waals surface area (Å²) < 4.78 is 0. The highest BCUT2D eigenvalue weighted by molar-refractivity contribution is 7.14. The second-order valence-electron chi connectivity index (χ2n) is 7.29. The Morgan fingerprint density at radius 1 is 1.35 bits per heavy atom. The highest BCUT2D eigenvalue weighted by Gasteiger charge is 2.25. The van der Waals surface area contributed by atoms with Crippen LogP contribution in [0.15, 0.2) is 22.2 Å². The van der Waals surface area contributed by atoms with E-state index in [1.165, 1.54) is 18.4 Å². The summed E-state index contributed by atoms with van der Waals surface area (Å²) in [5.41, 5.74) is 2.39. The second-order valence-corrected chi connectivity index (χ2v) is 8.93. The van der Waals surface area contributed by atoms with Crippen molar-refractivity contribution < 1.29 is 4.79 Å². The SMILES string of the molecule is O=C(NCC1CCCN(Cc2csc(-c3ccsc3)n2)C1)C1CCCN1. The fourth-order valence-corrected chi connectivity index (χ4v) is 5.39. The van der Waals surface area contributed by atoms with Gasteiger partial charge in [0.05, 0.1) is 11.7 Å². The Labute approximate surface area is 162 Å². The molecule has 2 aromatic rings. The molecule has 4 rings (SSSR count). The lowest BCUT2D eigenvalue weighted by Gasteiger charge is -2.32. The summed E-state index contributed by atoms with van der Waals surface area (Å²) in [6.07, 6.45) is 4.48. The first-order valence-corrected chi connectivity index (χ1v) is 11.3. The van der Waals surface area contributed by atoms with E-state index in [4.69, 9.17) is 4.98 Å². The topological polar surface area (TPSA) is 57.3 Å². The highest BCUT2D eigenvalue weighted by atomic mass is 32.1. The van der Waals surface area contributed by atoms with E-state index in [0.717, 1.165) is 56.3 Å². The van der Waals surface area contributed by atoms with Crippen LogP contribution in [0.25, 0.3) is 10.6 Å². The number of thiazole rings is 1. The van der Waals surface area contributed by atoms with E-state index < -0.39 is 0 Å². The van der Waals surface area contributed by atoms with Gasteiger partial charge in [0.15, 0.2) is 0 Å². The van der Waals surface area contributed by atoms with Gasteiger partial charge in [0.1, 0.15) is 5.01 Å². The molecular weight excluding hydrogens is 364 g/mol. The monoisotopic (exact) mass is 390 g/mol. The van der Waals surface area contributed by atoms with E-state index in [0.29, 0.717) is 5.92 Å². The van der Waals surface area contributed by atoms with Crippen LogP contribution < -0.4 is 10.6 Å². The Hall–Kier alpha value is -1.28. The zero-order chi connectivity index (χ0) is 17.8. The molecule has 2 N–H and O–H groups in total. The molecule has 0 aliphatic carbocycles. The third kappa shape index (κ3) is 4.52. The molecule has 0 saturated carbocycles. The van der Waals surface area contributed by atoms with Crippen LogP contribution >= 0.6 is 22.7 Å². The first-order valence-electron chi connectivity index (χ1n) is 9.48. The van der Waals surface area contributed by atoms with Gasteiger partial charge in [-0.15, -0.1) is 11.3 Å². The molecule has 0 bridgehead atoms. The largest absolute Gasteiger partial charge is 0.354 e. The lowest BCUT2D eigenvalue weighted by molar-refractivity contribution is -0.123. The maximum Gasteiger partial charge on any atom is 0.237 e. The van der Waals surface area contributed by atoms with Gasteiger partial charge in [-0.1, -0.05) is 0 Å². The van der Waals surface area contributed by atoms with Crippen LogP contribution in [0.5, 0.6) is 0 Å². The number of nitrogens with one attached hydrogen (secondary N) is 2. The summed E-state index contributed by atoms with van der Waals surface area (Å²) >= 11 is 3.44. The Bertz CT molecular complexity index is 709. The second kappa shape index (κ2) is 8.61. The zero-order valence-electron chi connectivity index (χ0n) is 14.9. The molecule has 5 nitrogen and oxygen atoms in total. The van der Waals surface area contributed by atoms with Crippen molar-refractivity contribution in [3.05, 3.63) is 27.9 Å². The summed E-state index contributed by atoms with van der Waals surface area (Å²) in [7, 11) is 0. The number of hydrogen-bond acceptors (Lipinski definition) is 6. The van der Waals surface area contributed by atoms with Gasteiger partial charge >= 0.3 is 0 Å². The van der Waals surface area contributed by atoms with Crippen molar-refractivity contribution >= 4 is 28.6 Å². The molecule has 0 spiro atoms. The van der Waals surface area contributed by atoms with Crippen LogP contribution in [0.4, 0.5) is 0 Å². The highest BCUT2D eigenvalue weighted by Crippen LogP contribution is 2.27.